The molecule has 0 bridgehead atoms. The Kier molecular flexibility index (Phi) is 4.15. The number of nitrogens with one attached hydrogen (secondary N) is 1. The Morgan fingerprint density at radius 3 is 3.06 bits per heavy atom. The van der Waals surface area contributed by atoms with Crippen molar-refractivity contribution in [3.63, 3.8) is 0 Å². The SMILES string of the molecule is Cc1ccn2nc(NCCOCC(C)C)nc2c1. The second-order valence-corrected chi connectivity index (χ2v) is 4.84. The van der Waals surface area contributed by atoms with Gasteiger partial charge in [0.15, 0.2) is 5.65 Å². The lowest BCUT2D eigenvalue weighted by molar-refractivity contribution is 0.118. The quantitative estimate of drug-likeness (QED) is 0.796. The second-order valence-electron chi connectivity index (χ2n) is 4.84. The highest BCUT2D eigenvalue weighted by Gasteiger charge is 2.02. The van der Waals surface area contributed by atoms with Crippen LogP contribution >= 0.6 is 0 Å². The molecular formula is C13H20N4O. The van der Waals surface area contributed by atoms with Crippen LogP contribution in [0.4, 0.5) is 5.95 Å². The normalized spacial score (nSPS) is 11.3. The maximum atomic E-state index is 5.49. The molecule has 2 aromatic rings. The van der Waals surface area contributed by atoms with E-state index >= 15 is 0 Å². The molecule has 0 aliphatic heterocycles. The van der Waals surface area contributed by atoms with Gasteiger partial charge in [0.05, 0.1) is 6.61 Å². The van der Waals surface area contributed by atoms with Crippen LogP contribution in [0.1, 0.15) is 19.4 Å². The van der Waals surface area contributed by atoms with Crippen molar-refractivity contribution in [2.24, 2.45) is 5.92 Å². The van der Waals surface area contributed by atoms with Gasteiger partial charge in [-0.1, -0.05) is 13.8 Å². The number of hydrogen-bond acceptors (Lipinski definition) is 4. The molecule has 0 aliphatic carbocycles. The first-order valence-electron chi connectivity index (χ1n) is 6.30. The Morgan fingerprint density at radius 1 is 1.44 bits per heavy atom. The van der Waals surface area contributed by atoms with Crippen LogP contribution in [0.5, 0.6) is 0 Å². The van der Waals surface area contributed by atoms with E-state index in [0.29, 0.717) is 18.5 Å². The third-order valence-corrected chi connectivity index (χ3v) is 2.47. The zero-order valence-electron chi connectivity index (χ0n) is 11.2. The lowest BCUT2D eigenvalue weighted by Gasteiger charge is -2.06. The molecular weight excluding hydrogens is 228 g/mol. The number of nitrogens with zero attached hydrogens (tertiary/aromatic N) is 3. The minimum Gasteiger partial charge on any atom is -0.379 e. The third-order valence-electron chi connectivity index (χ3n) is 2.47. The van der Waals surface area contributed by atoms with Crippen LogP contribution in [0.2, 0.25) is 0 Å². The van der Waals surface area contributed by atoms with E-state index in [4.69, 9.17) is 4.74 Å². The maximum Gasteiger partial charge on any atom is 0.243 e. The monoisotopic (exact) mass is 248 g/mol. The van der Waals surface area contributed by atoms with Crippen molar-refractivity contribution in [2.45, 2.75) is 20.8 Å². The number of fused-ring (bicyclic) bond motifs is 1. The molecule has 98 valence electrons. The summed E-state index contributed by atoms with van der Waals surface area (Å²) in [6.45, 7) is 8.51. The second kappa shape index (κ2) is 5.82. The van der Waals surface area contributed by atoms with Gasteiger partial charge in [0, 0.05) is 19.3 Å². The van der Waals surface area contributed by atoms with Gasteiger partial charge in [-0.2, -0.15) is 4.98 Å². The van der Waals surface area contributed by atoms with Crippen LogP contribution in [0.15, 0.2) is 18.3 Å². The summed E-state index contributed by atoms with van der Waals surface area (Å²) < 4.78 is 7.25. The lowest BCUT2D eigenvalue weighted by Crippen LogP contribution is -2.12. The Balaban J connectivity index is 1.84. The molecule has 2 rings (SSSR count). The zero-order chi connectivity index (χ0) is 13.0. The molecule has 2 aromatic heterocycles. The molecule has 0 radical (unpaired) electrons. The number of rotatable bonds is 6. The fourth-order valence-corrected chi connectivity index (χ4v) is 1.61. The van der Waals surface area contributed by atoms with E-state index in [0.717, 1.165) is 18.8 Å². The number of anilines is 1. The van der Waals surface area contributed by atoms with Crippen LogP contribution in [-0.4, -0.2) is 34.4 Å². The summed E-state index contributed by atoms with van der Waals surface area (Å²) in [6, 6.07) is 4.02. The van der Waals surface area contributed by atoms with E-state index in [9.17, 15) is 0 Å². The average Bonchev–Trinajstić information content (AvgIpc) is 2.70. The van der Waals surface area contributed by atoms with Gasteiger partial charge in [-0.05, 0) is 30.5 Å². The van der Waals surface area contributed by atoms with Crippen molar-refractivity contribution in [3.8, 4) is 0 Å². The summed E-state index contributed by atoms with van der Waals surface area (Å²) in [6.07, 6.45) is 1.91. The van der Waals surface area contributed by atoms with E-state index < -0.39 is 0 Å². The van der Waals surface area contributed by atoms with Crippen molar-refractivity contribution in [3.05, 3.63) is 23.9 Å². The van der Waals surface area contributed by atoms with Gasteiger partial charge < -0.3 is 10.1 Å². The van der Waals surface area contributed by atoms with Crippen LogP contribution in [0.3, 0.4) is 0 Å². The molecule has 0 saturated heterocycles. The van der Waals surface area contributed by atoms with E-state index in [-0.39, 0.29) is 0 Å². The van der Waals surface area contributed by atoms with Crippen molar-refractivity contribution >= 4 is 11.6 Å². The molecule has 5 heteroatoms. The Hall–Kier alpha value is -1.62. The largest absolute Gasteiger partial charge is 0.379 e. The molecule has 0 atom stereocenters. The molecule has 0 unspecified atom stereocenters. The Morgan fingerprint density at radius 2 is 2.28 bits per heavy atom. The van der Waals surface area contributed by atoms with Gasteiger partial charge >= 0.3 is 0 Å². The van der Waals surface area contributed by atoms with E-state index in [1.165, 1.54) is 5.56 Å². The highest BCUT2D eigenvalue weighted by molar-refractivity contribution is 5.45. The van der Waals surface area contributed by atoms with Crippen LogP contribution in [0.25, 0.3) is 5.65 Å². The fraction of sp³-hybridized carbons (Fsp3) is 0.538. The molecule has 0 aliphatic rings. The predicted molar refractivity (Wildman–Crippen MR) is 71.9 cm³/mol. The van der Waals surface area contributed by atoms with Gasteiger partial charge in [-0.15, -0.1) is 5.10 Å². The topological polar surface area (TPSA) is 51.5 Å². The van der Waals surface area contributed by atoms with Gasteiger partial charge in [0.1, 0.15) is 0 Å². The minimum absolute atomic E-state index is 0.571. The van der Waals surface area contributed by atoms with Crippen molar-refractivity contribution in [2.75, 3.05) is 25.1 Å². The van der Waals surface area contributed by atoms with Crippen molar-refractivity contribution in [1.29, 1.82) is 0 Å². The van der Waals surface area contributed by atoms with Gasteiger partial charge in [-0.3, -0.25) is 0 Å². The first-order chi connectivity index (χ1) is 8.65. The summed E-state index contributed by atoms with van der Waals surface area (Å²) in [5, 5.41) is 7.48. The van der Waals surface area contributed by atoms with Crippen LogP contribution < -0.4 is 5.32 Å². The Bertz CT molecular complexity index is 507. The molecule has 2 heterocycles. The molecule has 0 amide bonds. The number of hydrogen-bond donors (Lipinski definition) is 1. The first-order valence-corrected chi connectivity index (χ1v) is 6.30. The fourth-order valence-electron chi connectivity index (χ4n) is 1.61. The molecule has 0 fully saturated rings. The summed E-state index contributed by atoms with van der Waals surface area (Å²) in [4.78, 5) is 4.39. The summed E-state index contributed by atoms with van der Waals surface area (Å²) in [5.41, 5.74) is 2.04. The van der Waals surface area contributed by atoms with E-state index in [1.54, 1.807) is 4.52 Å². The molecule has 5 nitrogen and oxygen atoms in total. The van der Waals surface area contributed by atoms with Crippen molar-refractivity contribution < 1.29 is 4.74 Å². The average molecular weight is 248 g/mol. The number of aryl methyl sites for hydroxylation is 1. The highest BCUT2D eigenvalue weighted by atomic mass is 16.5. The molecule has 0 aromatic carbocycles. The van der Waals surface area contributed by atoms with Gasteiger partial charge in [-0.25, -0.2) is 4.52 Å². The van der Waals surface area contributed by atoms with Crippen molar-refractivity contribution in [1.82, 2.24) is 14.6 Å². The predicted octanol–water partition coefficient (Wildman–Crippen LogP) is 2.12. The van der Waals surface area contributed by atoms with E-state index in [2.05, 4.69) is 29.2 Å². The lowest BCUT2D eigenvalue weighted by atomic mass is 10.2. The molecule has 0 spiro atoms. The Labute approximate surface area is 107 Å². The van der Waals surface area contributed by atoms with Gasteiger partial charge in [0.25, 0.3) is 0 Å². The van der Waals surface area contributed by atoms with Crippen LogP contribution in [-0.2, 0) is 4.74 Å². The van der Waals surface area contributed by atoms with Crippen LogP contribution in [0, 0.1) is 12.8 Å². The smallest absolute Gasteiger partial charge is 0.243 e. The summed E-state index contributed by atoms with van der Waals surface area (Å²) in [5.74, 6) is 1.22. The molecule has 0 saturated carbocycles. The number of aromatic nitrogens is 3. The molecule has 18 heavy (non-hydrogen) atoms. The summed E-state index contributed by atoms with van der Waals surface area (Å²) >= 11 is 0. The standard InChI is InChI=1S/C13H20N4O/c1-10(2)9-18-7-5-14-13-15-12-8-11(3)4-6-17(12)16-13/h4,6,8,10H,5,7,9H2,1-3H3,(H,14,16). The minimum atomic E-state index is 0.571. The maximum absolute atomic E-state index is 5.49. The first kappa shape index (κ1) is 12.8. The molecule has 1 N–H and O–H groups in total. The van der Waals surface area contributed by atoms with E-state index in [1.807, 2.05) is 25.3 Å². The highest BCUT2D eigenvalue weighted by Crippen LogP contribution is 2.07. The number of ether oxygens (including phenoxy) is 1. The van der Waals surface area contributed by atoms with Gasteiger partial charge in [0.2, 0.25) is 5.95 Å². The third kappa shape index (κ3) is 3.43. The zero-order valence-corrected chi connectivity index (χ0v) is 11.2. The number of pyridine rings is 1. The summed E-state index contributed by atoms with van der Waals surface area (Å²) in [7, 11) is 0.